The molecule has 1 aliphatic carbocycles. The maximum atomic E-state index is 12.5. The quantitative estimate of drug-likeness (QED) is 0.848. The van der Waals surface area contributed by atoms with Gasteiger partial charge in [-0.2, -0.15) is 17.0 Å². The zero-order valence-corrected chi connectivity index (χ0v) is 13.3. The monoisotopic (exact) mass is 311 g/mol. The molecule has 5 nitrogen and oxygen atoms in total. The Morgan fingerprint density at radius 3 is 2.37 bits per heavy atom. The summed E-state index contributed by atoms with van der Waals surface area (Å²) in [7, 11) is -1.53. The minimum Gasteiger partial charge on any atom is -0.330 e. The fraction of sp³-hybridized carbons (Fsp3) is 1.00. The standard InChI is InChI=1S/C12H25N3O2S.ClH/c1-14(12-5-3-2-4-6-12)18(16,17)15-8-7-11(9-13)10-15;/h11-12H,2-10,13H2,1H3;1H. The molecule has 1 atom stereocenters. The first-order valence-electron chi connectivity index (χ1n) is 6.99. The van der Waals surface area contributed by atoms with E-state index in [1.165, 1.54) is 6.42 Å². The number of halogens is 1. The van der Waals surface area contributed by atoms with E-state index in [1.54, 1.807) is 15.7 Å². The smallest absolute Gasteiger partial charge is 0.281 e. The van der Waals surface area contributed by atoms with Gasteiger partial charge in [0.05, 0.1) is 0 Å². The van der Waals surface area contributed by atoms with E-state index in [-0.39, 0.29) is 18.4 Å². The molecule has 7 heteroatoms. The number of hydrogen-bond acceptors (Lipinski definition) is 3. The highest BCUT2D eigenvalue weighted by atomic mass is 35.5. The van der Waals surface area contributed by atoms with Gasteiger partial charge in [-0.1, -0.05) is 19.3 Å². The summed E-state index contributed by atoms with van der Waals surface area (Å²) in [4.78, 5) is 0. The molecule has 1 saturated heterocycles. The van der Waals surface area contributed by atoms with Crippen LogP contribution in [0.15, 0.2) is 0 Å². The van der Waals surface area contributed by atoms with Gasteiger partial charge in [0, 0.05) is 26.2 Å². The van der Waals surface area contributed by atoms with E-state index in [4.69, 9.17) is 5.73 Å². The lowest BCUT2D eigenvalue weighted by Crippen LogP contribution is -2.46. The molecular formula is C12H26ClN3O2S. The predicted octanol–water partition coefficient (Wildman–Crippen LogP) is 1.20. The van der Waals surface area contributed by atoms with Crippen molar-refractivity contribution < 1.29 is 8.42 Å². The predicted molar refractivity (Wildman–Crippen MR) is 79.5 cm³/mol. The Balaban J connectivity index is 0.00000180. The van der Waals surface area contributed by atoms with E-state index >= 15 is 0 Å². The van der Waals surface area contributed by atoms with Crippen LogP contribution in [0.2, 0.25) is 0 Å². The molecule has 1 saturated carbocycles. The van der Waals surface area contributed by atoms with E-state index in [9.17, 15) is 8.42 Å². The molecule has 2 fully saturated rings. The highest BCUT2D eigenvalue weighted by molar-refractivity contribution is 7.86. The molecule has 2 rings (SSSR count). The van der Waals surface area contributed by atoms with Gasteiger partial charge in [-0.05, 0) is 31.7 Å². The Morgan fingerprint density at radius 2 is 1.84 bits per heavy atom. The van der Waals surface area contributed by atoms with Gasteiger partial charge in [-0.3, -0.25) is 0 Å². The van der Waals surface area contributed by atoms with Gasteiger partial charge in [0.15, 0.2) is 0 Å². The van der Waals surface area contributed by atoms with Crippen LogP contribution in [0, 0.1) is 5.92 Å². The third-order valence-electron chi connectivity index (χ3n) is 4.36. The normalized spacial score (nSPS) is 26.6. The molecule has 1 aliphatic heterocycles. The number of nitrogens with zero attached hydrogens (tertiary/aromatic N) is 2. The van der Waals surface area contributed by atoms with E-state index in [2.05, 4.69) is 0 Å². The van der Waals surface area contributed by atoms with Crippen molar-refractivity contribution in [1.82, 2.24) is 8.61 Å². The summed E-state index contributed by atoms with van der Waals surface area (Å²) < 4.78 is 28.2. The lowest BCUT2D eigenvalue weighted by Gasteiger charge is -2.33. The van der Waals surface area contributed by atoms with Gasteiger partial charge >= 0.3 is 0 Å². The zero-order chi connectivity index (χ0) is 13.2. The maximum Gasteiger partial charge on any atom is 0.281 e. The summed E-state index contributed by atoms with van der Waals surface area (Å²) in [6.07, 6.45) is 6.44. The Morgan fingerprint density at radius 1 is 1.21 bits per heavy atom. The summed E-state index contributed by atoms with van der Waals surface area (Å²) in [5.74, 6) is 0.333. The average molecular weight is 312 g/mol. The minimum absolute atomic E-state index is 0. The van der Waals surface area contributed by atoms with E-state index in [1.807, 2.05) is 0 Å². The molecule has 2 N–H and O–H groups in total. The SMILES string of the molecule is CN(C1CCCCC1)S(=O)(=O)N1CCC(CN)C1.Cl. The Labute approximate surface area is 123 Å². The second-order valence-electron chi connectivity index (χ2n) is 5.56. The molecule has 0 aromatic rings. The van der Waals surface area contributed by atoms with Gasteiger partial charge in [-0.25, -0.2) is 0 Å². The fourth-order valence-electron chi connectivity index (χ4n) is 3.01. The van der Waals surface area contributed by atoms with Crippen molar-refractivity contribution in [3.05, 3.63) is 0 Å². The molecule has 0 bridgehead atoms. The van der Waals surface area contributed by atoms with Crippen LogP contribution in [0.5, 0.6) is 0 Å². The molecule has 0 radical (unpaired) electrons. The van der Waals surface area contributed by atoms with Gasteiger partial charge in [0.2, 0.25) is 0 Å². The topological polar surface area (TPSA) is 66.6 Å². The number of nitrogens with two attached hydrogens (primary N) is 1. The first-order chi connectivity index (χ1) is 8.55. The maximum absolute atomic E-state index is 12.5. The van der Waals surface area contributed by atoms with Crippen molar-refractivity contribution >= 4 is 22.6 Å². The van der Waals surface area contributed by atoms with Crippen molar-refractivity contribution in [2.45, 2.75) is 44.6 Å². The first-order valence-corrected chi connectivity index (χ1v) is 8.38. The molecule has 1 unspecified atom stereocenters. The highest BCUT2D eigenvalue weighted by Gasteiger charge is 2.36. The van der Waals surface area contributed by atoms with Crippen LogP contribution in [0.3, 0.4) is 0 Å². The Kier molecular flexibility index (Phi) is 6.53. The average Bonchev–Trinajstić information content (AvgIpc) is 2.88. The summed E-state index contributed by atoms with van der Waals surface area (Å²) >= 11 is 0. The molecule has 1 heterocycles. The molecule has 0 amide bonds. The van der Waals surface area contributed by atoms with Crippen LogP contribution in [-0.2, 0) is 10.2 Å². The lowest BCUT2D eigenvalue weighted by atomic mass is 9.96. The van der Waals surface area contributed by atoms with E-state index in [0.717, 1.165) is 32.1 Å². The number of rotatable bonds is 4. The van der Waals surface area contributed by atoms with Gasteiger partial charge < -0.3 is 5.73 Å². The van der Waals surface area contributed by atoms with Crippen molar-refractivity contribution in [2.24, 2.45) is 11.7 Å². The van der Waals surface area contributed by atoms with Crippen molar-refractivity contribution in [1.29, 1.82) is 0 Å². The highest BCUT2D eigenvalue weighted by Crippen LogP contribution is 2.27. The lowest BCUT2D eigenvalue weighted by molar-refractivity contribution is 0.268. The third kappa shape index (κ3) is 3.82. The second kappa shape index (κ2) is 7.22. The van der Waals surface area contributed by atoms with Crippen LogP contribution in [0.4, 0.5) is 0 Å². The summed E-state index contributed by atoms with van der Waals surface area (Å²) in [5, 5.41) is 0. The summed E-state index contributed by atoms with van der Waals surface area (Å²) in [6, 6.07) is 0.195. The molecular weight excluding hydrogens is 286 g/mol. The molecule has 0 aromatic heterocycles. The fourth-order valence-corrected chi connectivity index (χ4v) is 4.70. The molecule has 19 heavy (non-hydrogen) atoms. The molecule has 0 spiro atoms. The summed E-state index contributed by atoms with van der Waals surface area (Å²) in [5.41, 5.74) is 5.62. The molecule has 0 aromatic carbocycles. The van der Waals surface area contributed by atoms with Gasteiger partial charge in [0.25, 0.3) is 10.2 Å². The largest absolute Gasteiger partial charge is 0.330 e. The Bertz CT molecular complexity index is 371. The Hall–Kier alpha value is 0.120. The van der Waals surface area contributed by atoms with Gasteiger partial charge in [-0.15, -0.1) is 12.4 Å². The van der Waals surface area contributed by atoms with Gasteiger partial charge in [0.1, 0.15) is 0 Å². The van der Waals surface area contributed by atoms with Crippen LogP contribution in [0.1, 0.15) is 38.5 Å². The molecule has 2 aliphatic rings. The number of hydrogen-bond donors (Lipinski definition) is 1. The van der Waals surface area contributed by atoms with Crippen LogP contribution in [-0.4, -0.2) is 49.8 Å². The van der Waals surface area contributed by atoms with Crippen LogP contribution in [0.25, 0.3) is 0 Å². The van der Waals surface area contributed by atoms with Crippen LogP contribution >= 0.6 is 12.4 Å². The molecule has 114 valence electrons. The zero-order valence-electron chi connectivity index (χ0n) is 11.6. The van der Waals surface area contributed by atoms with Crippen molar-refractivity contribution in [2.75, 3.05) is 26.7 Å². The van der Waals surface area contributed by atoms with E-state index < -0.39 is 10.2 Å². The van der Waals surface area contributed by atoms with Crippen molar-refractivity contribution in [3.63, 3.8) is 0 Å². The van der Waals surface area contributed by atoms with Crippen LogP contribution < -0.4 is 5.73 Å². The van der Waals surface area contributed by atoms with Crippen molar-refractivity contribution in [3.8, 4) is 0 Å². The second-order valence-corrected chi connectivity index (χ2v) is 7.55. The summed E-state index contributed by atoms with van der Waals surface area (Å²) in [6.45, 7) is 1.80. The first kappa shape index (κ1) is 17.2. The third-order valence-corrected chi connectivity index (χ3v) is 6.37. The minimum atomic E-state index is -3.27. The van der Waals surface area contributed by atoms with E-state index in [0.29, 0.717) is 25.6 Å².